The van der Waals surface area contributed by atoms with Crippen molar-refractivity contribution < 1.29 is 4.79 Å². The summed E-state index contributed by atoms with van der Waals surface area (Å²) in [5, 5.41) is 4.40. The Kier molecular flexibility index (Phi) is 4.03. The first-order chi connectivity index (χ1) is 13.8. The lowest BCUT2D eigenvalue weighted by Gasteiger charge is -2.08. The summed E-state index contributed by atoms with van der Waals surface area (Å²) in [6, 6.07) is 21.1. The fourth-order valence-electron chi connectivity index (χ4n) is 3.10. The number of carbonyl (C=O) groups is 1. The van der Waals surface area contributed by atoms with Crippen LogP contribution in [-0.2, 0) is 0 Å². The van der Waals surface area contributed by atoms with Crippen LogP contribution in [0.2, 0.25) is 0 Å². The van der Waals surface area contributed by atoms with E-state index >= 15 is 0 Å². The van der Waals surface area contributed by atoms with Gasteiger partial charge in [-0.15, -0.1) is 0 Å². The maximum Gasteiger partial charge on any atom is 0.259 e. The number of anilines is 1. The summed E-state index contributed by atoms with van der Waals surface area (Å²) in [6.45, 7) is 0. The topological polar surface area (TPSA) is 67.8 Å². The summed E-state index contributed by atoms with van der Waals surface area (Å²) >= 11 is 1.45. The Hall–Kier alpha value is -3.64. The van der Waals surface area contributed by atoms with Crippen LogP contribution in [0.3, 0.4) is 0 Å². The highest BCUT2D eigenvalue weighted by Crippen LogP contribution is 2.27. The van der Waals surface area contributed by atoms with Gasteiger partial charge in [0.05, 0.1) is 27.0 Å². The standard InChI is InChI=1S/C22H14N4OS/c27-21(26-22-25-18-8-1-2-9-19(18)28-22)16-7-3-5-14-10-11-17(24-20(14)16)15-6-4-12-23-13-15/h1-13H,(H,25,26,27). The molecule has 0 radical (unpaired) electrons. The molecule has 5 aromatic rings. The zero-order valence-electron chi connectivity index (χ0n) is 14.7. The van der Waals surface area contributed by atoms with E-state index in [1.165, 1.54) is 11.3 Å². The summed E-state index contributed by atoms with van der Waals surface area (Å²) < 4.78 is 1.03. The van der Waals surface area contributed by atoms with Crippen LogP contribution >= 0.6 is 11.3 Å². The zero-order chi connectivity index (χ0) is 18.9. The van der Waals surface area contributed by atoms with Crippen LogP contribution in [0.15, 0.2) is 79.1 Å². The molecule has 0 fully saturated rings. The number of benzene rings is 2. The lowest BCUT2D eigenvalue weighted by atomic mass is 10.1. The summed E-state index contributed by atoms with van der Waals surface area (Å²) in [5.41, 5.74) is 3.73. The molecule has 2 aromatic carbocycles. The molecule has 28 heavy (non-hydrogen) atoms. The van der Waals surface area contributed by atoms with Gasteiger partial charge in [-0.05, 0) is 36.4 Å². The van der Waals surface area contributed by atoms with E-state index in [1.54, 1.807) is 18.5 Å². The Bertz CT molecular complexity index is 1280. The molecular weight excluding hydrogens is 368 g/mol. The summed E-state index contributed by atoms with van der Waals surface area (Å²) in [6.07, 6.45) is 3.49. The molecule has 3 heterocycles. The van der Waals surface area contributed by atoms with Crippen LogP contribution in [0, 0.1) is 0 Å². The van der Waals surface area contributed by atoms with Crippen LogP contribution in [-0.4, -0.2) is 20.9 Å². The van der Waals surface area contributed by atoms with Crippen molar-refractivity contribution >= 4 is 43.5 Å². The molecule has 0 aliphatic heterocycles. The molecule has 1 amide bonds. The molecule has 0 atom stereocenters. The average molecular weight is 382 g/mol. The molecule has 5 nitrogen and oxygen atoms in total. The van der Waals surface area contributed by atoms with Crippen LogP contribution in [0.4, 0.5) is 5.13 Å². The number of rotatable bonds is 3. The Morgan fingerprint density at radius 1 is 0.893 bits per heavy atom. The van der Waals surface area contributed by atoms with E-state index in [-0.39, 0.29) is 5.91 Å². The first kappa shape index (κ1) is 16.5. The summed E-state index contributed by atoms with van der Waals surface area (Å²) in [7, 11) is 0. The van der Waals surface area contributed by atoms with Crippen molar-refractivity contribution in [1.29, 1.82) is 0 Å². The average Bonchev–Trinajstić information content (AvgIpc) is 3.15. The van der Waals surface area contributed by atoms with Crippen molar-refractivity contribution in [3.63, 3.8) is 0 Å². The molecule has 6 heteroatoms. The number of nitrogens with one attached hydrogen (secondary N) is 1. The molecule has 0 aliphatic rings. The normalized spacial score (nSPS) is 11.0. The van der Waals surface area contributed by atoms with Crippen molar-refractivity contribution in [2.24, 2.45) is 0 Å². The minimum Gasteiger partial charge on any atom is -0.298 e. The fraction of sp³-hybridized carbons (Fsp3) is 0. The van der Waals surface area contributed by atoms with E-state index in [1.807, 2.05) is 60.7 Å². The van der Waals surface area contributed by atoms with E-state index in [0.717, 1.165) is 26.9 Å². The number of nitrogens with zero attached hydrogens (tertiary/aromatic N) is 3. The first-order valence-electron chi connectivity index (χ1n) is 8.75. The third-order valence-corrected chi connectivity index (χ3v) is 5.39. The van der Waals surface area contributed by atoms with Crippen molar-refractivity contribution in [3.05, 3.63) is 84.7 Å². The third-order valence-electron chi connectivity index (χ3n) is 4.44. The van der Waals surface area contributed by atoms with Gasteiger partial charge in [0.15, 0.2) is 5.13 Å². The van der Waals surface area contributed by atoms with Gasteiger partial charge >= 0.3 is 0 Å². The summed E-state index contributed by atoms with van der Waals surface area (Å²) in [4.78, 5) is 26.3. The van der Waals surface area contributed by atoms with Gasteiger partial charge in [-0.2, -0.15) is 0 Å². The molecule has 0 bridgehead atoms. The van der Waals surface area contributed by atoms with Gasteiger partial charge < -0.3 is 0 Å². The molecule has 0 spiro atoms. The van der Waals surface area contributed by atoms with Crippen molar-refractivity contribution in [2.45, 2.75) is 0 Å². The molecule has 0 saturated heterocycles. The molecular formula is C22H14N4OS. The number of thiazole rings is 1. The van der Waals surface area contributed by atoms with Crippen molar-refractivity contribution in [2.75, 3.05) is 5.32 Å². The molecule has 1 N–H and O–H groups in total. The highest BCUT2D eigenvalue weighted by molar-refractivity contribution is 7.22. The van der Waals surface area contributed by atoms with Crippen molar-refractivity contribution in [1.82, 2.24) is 15.0 Å². The molecule has 5 rings (SSSR count). The van der Waals surface area contributed by atoms with Crippen LogP contribution in [0.25, 0.3) is 32.4 Å². The van der Waals surface area contributed by atoms with Crippen LogP contribution < -0.4 is 5.32 Å². The molecule has 134 valence electrons. The number of amides is 1. The van der Waals surface area contributed by atoms with E-state index in [9.17, 15) is 4.79 Å². The molecule has 0 unspecified atom stereocenters. The van der Waals surface area contributed by atoms with Crippen LogP contribution in [0.5, 0.6) is 0 Å². The second-order valence-corrected chi connectivity index (χ2v) is 7.29. The van der Waals surface area contributed by atoms with Gasteiger partial charge in [0.25, 0.3) is 5.91 Å². The van der Waals surface area contributed by atoms with E-state index < -0.39 is 0 Å². The number of aromatic nitrogens is 3. The predicted molar refractivity (Wildman–Crippen MR) is 113 cm³/mol. The third kappa shape index (κ3) is 3.00. The first-order valence-corrected chi connectivity index (χ1v) is 9.57. The van der Waals surface area contributed by atoms with E-state index in [0.29, 0.717) is 16.2 Å². The maximum atomic E-state index is 13.0. The second-order valence-electron chi connectivity index (χ2n) is 6.26. The minimum absolute atomic E-state index is 0.222. The van der Waals surface area contributed by atoms with E-state index in [2.05, 4.69) is 15.3 Å². The highest BCUT2D eigenvalue weighted by atomic mass is 32.1. The Morgan fingerprint density at radius 2 is 1.82 bits per heavy atom. The van der Waals surface area contributed by atoms with Gasteiger partial charge in [-0.1, -0.05) is 41.7 Å². The SMILES string of the molecule is O=C(Nc1nc2ccccc2s1)c1cccc2ccc(-c3cccnc3)nc12. The minimum atomic E-state index is -0.222. The largest absolute Gasteiger partial charge is 0.298 e. The van der Waals surface area contributed by atoms with Crippen LogP contribution in [0.1, 0.15) is 10.4 Å². The number of pyridine rings is 2. The second kappa shape index (κ2) is 6.83. The molecule has 0 aliphatic carbocycles. The maximum absolute atomic E-state index is 13.0. The number of hydrogen-bond acceptors (Lipinski definition) is 5. The molecule has 3 aromatic heterocycles. The Morgan fingerprint density at radius 3 is 2.68 bits per heavy atom. The predicted octanol–water partition coefficient (Wildman–Crippen LogP) is 5.16. The molecule has 0 saturated carbocycles. The zero-order valence-corrected chi connectivity index (χ0v) is 15.5. The van der Waals surface area contributed by atoms with Gasteiger partial charge in [0.2, 0.25) is 0 Å². The lowest BCUT2D eigenvalue weighted by Crippen LogP contribution is -2.12. The van der Waals surface area contributed by atoms with Gasteiger partial charge in [0.1, 0.15) is 0 Å². The van der Waals surface area contributed by atoms with Gasteiger partial charge in [-0.25, -0.2) is 9.97 Å². The lowest BCUT2D eigenvalue weighted by molar-refractivity contribution is 0.102. The number of para-hydroxylation sites is 2. The number of carbonyl (C=O) groups excluding carboxylic acids is 1. The number of fused-ring (bicyclic) bond motifs is 2. The van der Waals surface area contributed by atoms with E-state index in [4.69, 9.17) is 4.98 Å². The fourth-order valence-corrected chi connectivity index (χ4v) is 3.96. The monoisotopic (exact) mass is 382 g/mol. The highest BCUT2D eigenvalue weighted by Gasteiger charge is 2.14. The Balaban J connectivity index is 1.54. The number of hydrogen-bond donors (Lipinski definition) is 1. The Labute approximate surface area is 164 Å². The van der Waals surface area contributed by atoms with Crippen molar-refractivity contribution in [3.8, 4) is 11.3 Å². The smallest absolute Gasteiger partial charge is 0.259 e. The quantitative estimate of drug-likeness (QED) is 0.468. The van der Waals surface area contributed by atoms with Gasteiger partial charge in [-0.3, -0.25) is 15.1 Å². The van der Waals surface area contributed by atoms with Gasteiger partial charge in [0, 0.05) is 23.3 Å². The summed E-state index contributed by atoms with van der Waals surface area (Å²) in [5.74, 6) is -0.222.